The molecule has 0 aliphatic carbocycles. The molecule has 74 valence electrons. The summed E-state index contributed by atoms with van der Waals surface area (Å²) in [6.07, 6.45) is 0.663. The van der Waals surface area contributed by atoms with Crippen molar-refractivity contribution in [2.24, 2.45) is 5.84 Å². The van der Waals surface area contributed by atoms with Crippen LogP contribution in [0.5, 0.6) is 0 Å². The SMILES string of the molecule is CCOC(OCC)C(CC)NN. The van der Waals surface area contributed by atoms with Crippen molar-refractivity contribution in [2.75, 3.05) is 13.2 Å². The van der Waals surface area contributed by atoms with Gasteiger partial charge in [-0.1, -0.05) is 6.92 Å². The first kappa shape index (κ1) is 11.8. The van der Waals surface area contributed by atoms with Crippen LogP contribution in [0.15, 0.2) is 0 Å². The van der Waals surface area contributed by atoms with Crippen LogP contribution in [0, 0.1) is 0 Å². The molecule has 0 aromatic carbocycles. The minimum absolute atomic E-state index is 0.0740. The van der Waals surface area contributed by atoms with Gasteiger partial charge in [-0.3, -0.25) is 11.3 Å². The van der Waals surface area contributed by atoms with Crippen molar-refractivity contribution in [3.63, 3.8) is 0 Å². The van der Waals surface area contributed by atoms with Gasteiger partial charge in [-0.2, -0.15) is 0 Å². The van der Waals surface area contributed by atoms with Crippen molar-refractivity contribution in [3.05, 3.63) is 0 Å². The Hall–Kier alpha value is -0.160. The first-order valence-corrected chi connectivity index (χ1v) is 4.49. The smallest absolute Gasteiger partial charge is 0.173 e. The molecule has 0 aliphatic rings. The molecule has 0 fully saturated rings. The molecule has 0 heterocycles. The minimum atomic E-state index is -0.227. The van der Waals surface area contributed by atoms with Crippen LogP contribution in [0.25, 0.3) is 0 Å². The molecule has 0 rings (SSSR count). The lowest BCUT2D eigenvalue weighted by atomic mass is 10.2. The molecular formula is C8H20N2O2. The number of nitrogens with one attached hydrogen (secondary N) is 1. The van der Waals surface area contributed by atoms with Gasteiger partial charge >= 0.3 is 0 Å². The maximum atomic E-state index is 5.36. The van der Waals surface area contributed by atoms with E-state index in [0.29, 0.717) is 13.2 Å². The van der Waals surface area contributed by atoms with Crippen LogP contribution in [0.4, 0.5) is 0 Å². The molecule has 0 amide bonds. The van der Waals surface area contributed by atoms with E-state index in [1.165, 1.54) is 0 Å². The Balaban J connectivity index is 3.86. The van der Waals surface area contributed by atoms with Crippen LogP contribution in [0.3, 0.4) is 0 Å². The molecule has 4 heteroatoms. The van der Waals surface area contributed by atoms with E-state index in [-0.39, 0.29) is 12.3 Å². The molecular weight excluding hydrogens is 156 g/mol. The van der Waals surface area contributed by atoms with Crippen molar-refractivity contribution in [1.82, 2.24) is 5.43 Å². The predicted octanol–water partition coefficient (Wildman–Crippen LogP) is 0.627. The average Bonchev–Trinajstić information content (AvgIpc) is 2.07. The lowest BCUT2D eigenvalue weighted by Gasteiger charge is -2.24. The van der Waals surface area contributed by atoms with E-state index >= 15 is 0 Å². The van der Waals surface area contributed by atoms with Crippen molar-refractivity contribution in [1.29, 1.82) is 0 Å². The van der Waals surface area contributed by atoms with E-state index in [9.17, 15) is 0 Å². The summed E-state index contributed by atoms with van der Waals surface area (Å²) in [5, 5.41) is 0. The van der Waals surface area contributed by atoms with E-state index in [1.807, 2.05) is 20.8 Å². The second kappa shape index (κ2) is 7.49. The van der Waals surface area contributed by atoms with Gasteiger partial charge < -0.3 is 9.47 Å². The third kappa shape index (κ3) is 4.01. The molecule has 0 saturated carbocycles. The van der Waals surface area contributed by atoms with Crippen LogP contribution in [0.2, 0.25) is 0 Å². The number of hydrogen-bond acceptors (Lipinski definition) is 4. The summed E-state index contributed by atoms with van der Waals surface area (Å²) in [4.78, 5) is 0. The summed E-state index contributed by atoms with van der Waals surface area (Å²) in [7, 11) is 0. The molecule has 4 nitrogen and oxygen atoms in total. The Morgan fingerprint density at radius 2 is 1.67 bits per heavy atom. The third-order valence-corrected chi connectivity index (χ3v) is 1.64. The zero-order valence-electron chi connectivity index (χ0n) is 8.17. The Bertz CT molecular complexity index is 91.1. The van der Waals surface area contributed by atoms with Crippen molar-refractivity contribution < 1.29 is 9.47 Å². The van der Waals surface area contributed by atoms with Crippen LogP contribution in [-0.2, 0) is 9.47 Å². The molecule has 0 saturated heterocycles. The fraction of sp³-hybridized carbons (Fsp3) is 1.00. The zero-order valence-corrected chi connectivity index (χ0v) is 8.17. The monoisotopic (exact) mass is 176 g/mol. The van der Waals surface area contributed by atoms with E-state index < -0.39 is 0 Å². The van der Waals surface area contributed by atoms with Crippen molar-refractivity contribution >= 4 is 0 Å². The topological polar surface area (TPSA) is 56.5 Å². The van der Waals surface area contributed by atoms with Gasteiger partial charge in [0.25, 0.3) is 0 Å². The van der Waals surface area contributed by atoms with Crippen LogP contribution < -0.4 is 11.3 Å². The van der Waals surface area contributed by atoms with Crippen LogP contribution in [0.1, 0.15) is 27.2 Å². The molecule has 1 atom stereocenters. The molecule has 0 spiro atoms. The van der Waals surface area contributed by atoms with Crippen molar-refractivity contribution in [3.8, 4) is 0 Å². The molecule has 0 radical (unpaired) electrons. The van der Waals surface area contributed by atoms with Gasteiger partial charge in [-0.25, -0.2) is 0 Å². The van der Waals surface area contributed by atoms with Gasteiger partial charge in [-0.05, 0) is 20.3 Å². The molecule has 0 aliphatic heterocycles. The largest absolute Gasteiger partial charge is 0.351 e. The molecule has 12 heavy (non-hydrogen) atoms. The van der Waals surface area contributed by atoms with E-state index in [1.54, 1.807) is 0 Å². The standard InChI is InChI=1S/C8H20N2O2/c1-4-7(10-9)8(11-5-2)12-6-3/h7-8,10H,4-6,9H2,1-3H3. The maximum absolute atomic E-state index is 5.36. The Labute approximate surface area is 74.4 Å². The van der Waals surface area contributed by atoms with Gasteiger partial charge in [0.2, 0.25) is 0 Å². The highest BCUT2D eigenvalue weighted by Crippen LogP contribution is 2.04. The Kier molecular flexibility index (Phi) is 7.39. The van der Waals surface area contributed by atoms with E-state index in [0.717, 1.165) is 6.42 Å². The van der Waals surface area contributed by atoms with Crippen molar-refractivity contribution in [2.45, 2.75) is 39.5 Å². The summed E-state index contributed by atoms with van der Waals surface area (Å²) in [6.45, 7) is 7.20. The molecule has 1 unspecified atom stereocenters. The summed E-state index contributed by atoms with van der Waals surface area (Å²) in [5.74, 6) is 5.33. The van der Waals surface area contributed by atoms with E-state index in [4.69, 9.17) is 15.3 Å². The van der Waals surface area contributed by atoms with Gasteiger partial charge in [0, 0.05) is 13.2 Å². The van der Waals surface area contributed by atoms with Gasteiger partial charge in [0.15, 0.2) is 6.29 Å². The fourth-order valence-electron chi connectivity index (χ4n) is 0.998. The molecule has 0 aromatic heterocycles. The number of ether oxygens (including phenoxy) is 2. The number of hydrazine groups is 1. The Morgan fingerprint density at radius 1 is 1.17 bits per heavy atom. The normalized spacial score (nSPS) is 13.8. The summed E-state index contributed by atoms with van der Waals surface area (Å²) >= 11 is 0. The lowest BCUT2D eigenvalue weighted by molar-refractivity contribution is -0.154. The highest BCUT2D eigenvalue weighted by molar-refractivity contribution is 4.65. The predicted molar refractivity (Wildman–Crippen MR) is 48.4 cm³/mol. The van der Waals surface area contributed by atoms with E-state index in [2.05, 4.69) is 5.43 Å². The highest BCUT2D eigenvalue weighted by atomic mass is 16.7. The number of hydrogen-bond donors (Lipinski definition) is 2. The van der Waals surface area contributed by atoms with Crippen LogP contribution in [-0.4, -0.2) is 25.5 Å². The van der Waals surface area contributed by atoms with Gasteiger partial charge in [0.1, 0.15) is 0 Å². The maximum Gasteiger partial charge on any atom is 0.173 e. The fourth-order valence-corrected chi connectivity index (χ4v) is 0.998. The summed E-state index contributed by atoms with van der Waals surface area (Å²) in [5.41, 5.74) is 2.67. The number of nitrogens with two attached hydrogens (primary N) is 1. The summed E-state index contributed by atoms with van der Waals surface area (Å²) in [6, 6.07) is 0.0740. The molecule has 3 N–H and O–H groups in total. The molecule has 0 aromatic rings. The highest BCUT2D eigenvalue weighted by Gasteiger charge is 2.18. The average molecular weight is 176 g/mol. The van der Waals surface area contributed by atoms with Gasteiger partial charge in [-0.15, -0.1) is 0 Å². The molecule has 0 bridgehead atoms. The zero-order chi connectivity index (χ0) is 9.40. The van der Waals surface area contributed by atoms with Crippen LogP contribution >= 0.6 is 0 Å². The minimum Gasteiger partial charge on any atom is -0.351 e. The lowest BCUT2D eigenvalue weighted by Crippen LogP contribution is -2.46. The van der Waals surface area contributed by atoms with Gasteiger partial charge in [0.05, 0.1) is 6.04 Å². The second-order valence-corrected chi connectivity index (χ2v) is 2.46. The second-order valence-electron chi connectivity index (χ2n) is 2.46. The first-order chi connectivity index (χ1) is 5.79. The summed E-state index contributed by atoms with van der Waals surface area (Å²) < 4.78 is 10.7. The third-order valence-electron chi connectivity index (χ3n) is 1.64. The number of rotatable bonds is 7. The Morgan fingerprint density at radius 3 is 1.92 bits per heavy atom. The first-order valence-electron chi connectivity index (χ1n) is 4.49. The quantitative estimate of drug-likeness (QED) is 0.339.